The van der Waals surface area contributed by atoms with E-state index in [-0.39, 0.29) is 5.92 Å². The summed E-state index contributed by atoms with van der Waals surface area (Å²) in [5.41, 5.74) is 7.28. The van der Waals surface area contributed by atoms with E-state index in [0.717, 1.165) is 18.4 Å². The van der Waals surface area contributed by atoms with Crippen LogP contribution in [0, 0.1) is 0 Å². The maximum absolute atomic E-state index is 11.7. The van der Waals surface area contributed by atoms with Crippen LogP contribution in [0.1, 0.15) is 61.1 Å². The van der Waals surface area contributed by atoms with Crippen molar-refractivity contribution < 1.29 is 9.53 Å². The molecule has 0 atom stereocenters. The Morgan fingerprint density at radius 3 is 2.59 bits per heavy atom. The van der Waals surface area contributed by atoms with Gasteiger partial charge in [-0.3, -0.25) is 0 Å². The van der Waals surface area contributed by atoms with E-state index in [1.54, 1.807) is 4.68 Å². The van der Waals surface area contributed by atoms with E-state index in [9.17, 15) is 4.79 Å². The number of nitrogens with two attached hydrogens (primary N) is 1. The summed E-state index contributed by atoms with van der Waals surface area (Å²) in [6, 6.07) is 0.353. The predicted octanol–water partition coefficient (Wildman–Crippen LogP) is 2.10. The first-order chi connectivity index (χ1) is 8.06. The molecular weight excluding hydrogens is 218 g/mol. The van der Waals surface area contributed by atoms with E-state index in [0.29, 0.717) is 17.6 Å². The van der Waals surface area contributed by atoms with E-state index >= 15 is 0 Å². The number of ether oxygens (including phenoxy) is 1. The average molecular weight is 237 g/mol. The molecule has 2 N–H and O–H groups in total. The molecule has 1 aromatic rings. The quantitative estimate of drug-likeness (QED) is 0.817. The Hall–Kier alpha value is -1.52. The zero-order valence-electron chi connectivity index (χ0n) is 10.6. The molecule has 2 rings (SSSR count). The number of anilines is 1. The Kier molecular flexibility index (Phi) is 3.09. The monoisotopic (exact) mass is 237 g/mol. The van der Waals surface area contributed by atoms with Gasteiger partial charge in [0.25, 0.3) is 0 Å². The van der Waals surface area contributed by atoms with Crippen LogP contribution in [0.15, 0.2) is 0 Å². The fraction of sp³-hybridized carbons (Fsp3) is 0.667. The van der Waals surface area contributed by atoms with Crippen molar-refractivity contribution in [3.63, 3.8) is 0 Å². The van der Waals surface area contributed by atoms with Gasteiger partial charge < -0.3 is 10.5 Å². The summed E-state index contributed by atoms with van der Waals surface area (Å²) in [6.07, 6.45) is 3.38. The van der Waals surface area contributed by atoms with Crippen LogP contribution in [0.25, 0.3) is 0 Å². The number of rotatable bonds is 3. The molecule has 5 nitrogen and oxygen atoms in total. The molecule has 0 bridgehead atoms. The summed E-state index contributed by atoms with van der Waals surface area (Å²) >= 11 is 0. The first-order valence-corrected chi connectivity index (χ1v) is 6.02. The summed E-state index contributed by atoms with van der Waals surface area (Å²) in [7, 11) is 1.37. The zero-order valence-corrected chi connectivity index (χ0v) is 10.6. The molecule has 1 heterocycles. The summed E-state index contributed by atoms with van der Waals surface area (Å²) in [5, 5.41) is 4.34. The number of esters is 1. The third kappa shape index (κ3) is 1.90. The van der Waals surface area contributed by atoms with Gasteiger partial charge in [-0.1, -0.05) is 13.8 Å². The summed E-state index contributed by atoms with van der Waals surface area (Å²) in [5.74, 6) is 0.376. The van der Waals surface area contributed by atoms with E-state index in [4.69, 9.17) is 10.5 Å². The lowest BCUT2D eigenvalue weighted by molar-refractivity contribution is 0.0590. The second-order valence-electron chi connectivity index (χ2n) is 4.82. The normalized spacial score (nSPS) is 16.0. The van der Waals surface area contributed by atoms with Crippen LogP contribution in [-0.4, -0.2) is 22.9 Å². The lowest BCUT2D eigenvalue weighted by atomic mass is 9.93. The standard InChI is InChI=1S/C12H19N3O2/c1-7(2)9-10(12(16)17-3)14-15(11(9)13)8-5-4-6-8/h7-8H,4-6,13H2,1-3H3. The fourth-order valence-corrected chi connectivity index (χ4v) is 2.19. The Bertz CT molecular complexity index is 433. The highest BCUT2D eigenvalue weighted by Gasteiger charge is 2.29. The number of carbonyl (C=O) groups excluding carboxylic acids is 1. The number of hydrogen-bond donors (Lipinski definition) is 1. The molecule has 17 heavy (non-hydrogen) atoms. The van der Waals surface area contributed by atoms with Crippen LogP contribution < -0.4 is 5.73 Å². The maximum Gasteiger partial charge on any atom is 0.358 e. The Labute approximate surface area is 101 Å². The first kappa shape index (κ1) is 12.0. The second kappa shape index (κ2) is 4.39. The van der Waals surface area contributed by atoms with Crippen molar-refractivity contribution >= 4 is 11.8 Å². The molecule has 1 fully saturated rings. The van der Waals surface area contributed by atoms with Crippen molar-refractivity contribution in [2.24, 2.45) is 0 Å². The van der Waals surface area contributed by atoms with Crippen LogP contribution in [-0.2, 0) is 4.74 Å². The number of hydrogen-bond acceptors (Lipinski definition) is 4. The van der Waals surface area contributed by atoms with E-state index < -0.39 is 5.97 Å². The molecule has 0 radical (unpaired) electrons. The molecule has 0 unspecified atom stereocenters. The van der Waals surface area contributed by atoms with Gasteiger partial charge in [0.2, 0.25) is 0 Å². The first-order valence-electron chi connectivity index (χ1n) is 6.02. The fourth-order valence-electron chi connectivity index (χ4n) is 2.19. The second-order valence-corrected chi connectivity index (χ2v) is 4.82. The Morgan fingerprint density at radius 2 is 2.18 bits per heavy atom. The number of carbonyl (C=O) groups is 1. The van der Waals surface area contributed by atoms with E-state index in [1.807, 2.05) is 13.8 Å². The van der Waals surface area contributed by atoms with Gasteiger partial charge in [-0.2, -0.15) is 5.10 Å². The maximum atomic E-state index is 11.7. The van der Waals surface area contributed by atoms with Crippen molar-refractivity contribution in [2.75, 3.05) is 12.8 Å². The molecule has 0 aliphatic heterocycles. The van der Waals surface area contributed by atoms with Gasteiger partial charge in [0.05, 0.1) is 13.2 Å². The third-order valence-electron chi connectivity index (χ3n) is 3.36. The molecule has 1 aliphatic rings. The van der Waals surface area contributed by atoms with Crippen LogP contribution in [0.5, 0.6) is 0 Å². The van der Waals surface area contributed by atoms with Gasteiger partial charge in [-0.15, -0.1) is 0 Å². The molecular formula is C12H19N3O2. The minimum atomic E-state index is -0.404. The third-order valence-corrected chi connectivity index (χ3v) is 3.36. The summed E-state index contributed by atoms with van der Waals surface area (Å²) < 4.78 is 6.55. The van der Waals surface area contributed by atoms with Crippen LogP contribution in [0.3, 0.4) is 0 Å². The summed E-state index contributed by atoms with van der Waals surface area (Å²) in [6.45, 7) is 4.01. The van der Waals surface area contributed by atoms with Crippen LogP contribution in [0.2, 0.25) is 0 Å². The van der Waals surface area contributed by atoms with Gasteiger partial charge in [-0.05, 0) is 25.2 Å². The zero-order chi connectivity index (χ0) is 12.6. The van der Waals surface area contributed by atoms with Crippen molar-refractivity contribution in [3.8, 4) is 0 Å². The average Bonchev–Trinajstić information content (AvgIpc) is 2.53. The van der Waals surface area contributed by atoms with Crippen LogP contribution >= 0.6 is 0 Å². The number of nitrogens with zero attached hydrogens (tertiary/aromatic N) is 2. The smallest absolute Gasteiger partial charge is 0.358 e. The van der Waals surface area contributed by atoms with Crippen LogP contribution in [0.4, 0.5) is 5.82 Å². The molecule has 5 heteroatoms. The van der Waals surface area contributed by atoms with Crippen molar-refractivity contribution in [3.05, 3.63) is 11.3 Å². The molecule has 0 amide bonds. The predicted molar refractivity (Wildman–Crippen MR) is 65.0 cm³/mol. The van der Waals surface area contributed by atoms with Crippen molar-refractivity contribution in [2.45, 2.75) is 45.1 Å². The van der Waals surface area contributed by atoms with E-state index in [1.165, 1.54) is 13.5 Å². The lowest BCUT2D eigenvalue weighted by Gasteiger charge is -2.26. The minimum Gasteiger partial charge on any atom is -0.464 e. The molecule has 1 saturated carbocycles. The minimum absolute atomic E-state index is 0.165. The number of aromatic nitrogens is 2. The molecule has 1 aliphatic carbocycles. The number of methoxy groups -OCH3 is 1. The SMILES string of the molecule is COC(=O)c1nn(C2CCC2)c(N)c1C(C)C. The van der Waals surface area contributed by atoms with Crippen molar-refractivity contribution in [1.82, 2.24) is 9.78 Å². The van der Waals surface area contributed by atoms with Gasteiger partial charge in [0.1, 0.15) is 5.82 Å². The van der Waals surface area contributed by atoms with E-state index in [2.05, 4.69) is 5.10 Å². The summed E-state index contributed by atoms with van der Waals surface area (Å²) in [4.78, 5) is 11.7. The molecule has 1 aromatic heterocycles. The van der Waals surface area contributed by atoms with Gasteiger partial charge in [-0.25, -0.2) is 9.48 Å². The molecule has 0 spiro atoms. The highest BCUT2D eigenvalue weighted by Crippen LogP contribution is 2.36. The van der Waals surface area contributed by atoms with Gasteiger partial charge in [0.15, 0.2) is 5.69 Å². The van der Waals surface area contributed by atoms with Gasteiger partial charge >= 0.3 is 5.97 Å². The molecule has 94 valence electrons. The largest absolute Gasteiger partial charge is 0.464 e. The topological polar surface area (TPSA) is 70.1 Å². The lowest BCUT2D eigenvalue weighted by Crippen LogP contribution is -2.20. The molecule has 0 saturated heterocycles. The van der Waals surface area contributed by atoms with Crippen molar-refractivity contribution in [1.29, 1.82) is 0 Å². The van der Waals surface area contributed by atoms with Gasteiger partial charge in [0, 0.05) is 5.56 Å². The highest BCUT2D eigenvalue weighted by molar-refractivity contribution is 5.90. The number of nitrogen functional groups attached to an aromatic ring is 1. The Balaban J connectivity index is 2.46. The highest BCUT2D eigenvalue weighted by atomic mass is 16.5. The Morgan fingerprint density at radius 1 is 1.53 bits per heavy atom. The molecule has 0 aromatic carbocycles.